The van der Waals surface area contributed by atoms with Crippen LogP contribution < -0.4 is 11.1 Å². The van der Waals surface area contributed by atoms with Gasteiger partial charge in [0, 0.05) is 13.0 Å². The second-order valence-electron chi connectivity index (χ2n) is 4.68. The molecule has 0 saturated carbocycles. The molecule has 0 heterocycles. The molecule has 0 atom stereocenters. The summed E-state index contributed by atoms with van der Waals surface area (Å²) in [5.74, 6) is -0.159. The summed E-state index contributed by atoms with van der Waals surface area (Å²) in [6.45, 7) is 1.28. The van der Waals surface area contributed by atoms with Crippen LogP contribution in [-0.2, 0) is 11.2 Å². The van der Waals surface area contributed by atoms with E-state index in [9.17, 15) is 9.18 Å². The molecule has 0 unspecified atom stereocenters. The van der Waals surface area contributed by atoms with E-state index in [2.05, 4.69) is 5.32 Å². The summed E-state index contributed by atoms with van der Waals surface area (Å²) in [5, 5.41) is 2.86. The molecule has 0 aliphatic carbocycles. The van der Waals surface area contributed by atoms with Gasteiger partial charge in [-0.25, -0.2) is 4.39 Å². The number of hydrogen-bond acceptors (Lipinski definition) is 2. The standard InChI is InChI=1S/C15H23FN2O.ClH/c16-14-7-5-6-13(12-14)9-11-18-15(19)8-3-1-2-4-10-17;/h5-7,12H,1-4,8-11,17H2,(H,18,19);1H. The summed E-state index contributed by atoms with van der Waals surface area (Å²) in [6.07, 6.45) is 5.30. The Bertz CT molecular complexity index is 388. The van der Waals surface area contributed by atoms with E-state index in [0.717, 1.165) is 37.8 Å². The Morgan fingerprint density at radius 2 is 1.95 bits per heavy atom. The molecule has 20 heavy (non-hydrogen) atoms. The maximum atomic E-state index is 12.9. The Morgan fingerprint density at radius 3 is 2.65 bits per heavy atom. The first-order chi connectivity index (χ1) is 9.22. The molecular weight excluding hydrogens is 279 g/mol. The molecule has 1 amide bonds. The smallest absolute Gasteiger partial charge is 0.220 e. The summed E-state index contributed by atoms with van der Waals surface area (Å²) in [4.78, 5) is 11.5. The molecule has 0 saturated heterocycles. The number of rotatable bonds is 9. The van der Waals surface area contributed by atoms with Crippen LogP contribution in [-0.4, -0.2) is 19.0 Å². The summed E-state index contributed by atoms with van der Waals surface area (Å²) in [7, 11) is 0. The van der Waals surface area contributed by atoms with Crippen molar-refractivity contribution in [3.63, 3.8) is 0 Å². The van der Waals surface area contributed by atoms with Gasteiger partial charge in [-0.1, -0.05) is 25.0 Å². The Balaban J connectivity index is 0.00000361. The molecular formula is C15H24ClFN2O. The fourth-order valence-electron chi connectivity index (χ4n) is 1.91. The van der Waals surface area contributed by atoms with E-state index in [-0.39, 0.29) is 24.1 Å². The summed E-state index contributed by atoms with van der Waals surface area (Å²) in [5.41, 5.74) is 6.30. The van der Waals surface area contributed by atoms with Crippen LogP contribution >= 0.6 is 12.4 Å². The van der Waals surface area contributed by atoms with E-state index in [0.29, 0.717) is 19.4 Å². The summed E-state index contributed by atoms with van der Waals surface area (Å²) >= 11 is 0. The van der Waals surface area contributed by atoms with Gasteiger partial charge in [-0.3, -0.25) is 4.79 Å². The zero-order valence-electron chi connectivity index (χ0n) is 11.7. The van der Waals surface area contributed by atoms with Gasteiger partial charge in [0.1, 0.15) is 5.82 Å². The molecule has 1 aromatic carbocycles. The minimum Gasteiger partial charge on any atom is -0.356 e. The van der Waals surface area contributed by atoms with Crippen molar-refractivity contribution in [2.24, 2.45) is 5.73 Å². The average Bonchev–Trinajstić information content (AvgIpc) is 2.38. The molecule has 3 N–H and O–H groups in total. The van der Waals surface area contributed by atoms with Crippen LogP contribution in [0.4, 0.5) is 4.39 Å². The number of halogens is 2. The Labute approximate surface area is 126 Å². The molecule has 114 valence electrons. The van der Waals surface area contributed by atoms with E-state index in [1.807, 2.05) is 6.07 Å². The van der Waals surface area contributed by atoms with E-state index < -0.39 is 0 Å². The Hall–Kier alpha value is -1.13. The van der Waals surface area contributed by atoms with Crippen LogP contribution in [0, 0.1) is 5.82 Å². The van der Waals surface area contributed by atoms with Crippen molar-refractivity contribution in [3.05, 3.63) is 35.6 Å². The van der Waals surface area contributed by atoms with Crippen molar-refractivity contribution < 1.29 is 9.18 Å². The molecule has 0 bridgehead atoms. The second kappa shape index (κ2) is 11.7. The van der Waals surface area contributed by atoms with Crippen LogP contribution in [0.3, 0.4) is 0 Å². The Morgan fingerprint density at radius 1 is 1.20 bits per heavy atom. The highest BCUT2D eigenvalue weighted by molar-refractivity contribution is 5.85. The molecule has 0 aromatic heterocycles. The van der Waals surface area contributed by atoms with E-state index >= 15 is 0 Å². The van der Waals surface area contributed by atoms with E-state index in [4.69, 9.17) is 5.73 Å². The quantitative estimate of drug-likeness (QED) is 0.689. The van der Waals surface area contributed by atoms with Crippen LogP contribution in [0.5, 0.6) is 0 Å². The second-order valence-corrected chi connectivity index (χ2v) is 4.68. The predicted molar refractivity (Wildman–Crippen MR) is 82.5 cm³/mol. The number of amides is 1. The zero-order valence-corrected chi connectivity index (χ0v) is 12.6. The molecule has 5 heteroatoms. The highest BCUT2D eigenvalue weighted by atomic mass is 35.5. The zero-order chi connectivity index (χ0) is 13.9. The topological polar surface area (TPSA) is 55.1 Å². The third-order valence-corrected chi connectivity index (χ3v) is 2.98. The van der Waals surface area contributed by atoms with Crippen molar-refractivity contribution in [1.29, 1.82) is 0 Å². The first-order valence-corrected chi connectivity index (χ1v) is 6.93. The monoisotopic (exact) mass is 302 g/mol. The molecule has 0 radical (unpaired) electrons. The van der Waals surface area contributed by atoms with Gasteiger partial charge in [-0.2, -0.15) is 0 Å². The third-order valence-electron chi connectivity index (χ3n) is 2.98. The number of nitrogens with two attached hydrogens (primary N) is 1. The molecule has 0 aliphatic heterocycles. The molecule has 1 aromatic rings. The van der Waals surface area contributed by atoms with E-state index in [1.54, 1.807) is 6.07 Å². The maximum absolute atomic E-state index is 12.9. The number of carbonyl (C=O) groups is 1. The normalized spacial score (nSPS) is 9.90. The lowest BCUT2D eigenvalue weighted by Crippen LogP contribution is -2.25. The highest BCUT2D eigenvalue weighted by Crippen LogP contribution is 2.04. The number of unbranched alkanes of at least 4 members (excludes halogenated alkanes) is 3. The van der Waals surface area contributed by atoms with Gasteiger partial charge in [0.05, 0.1) is 0 Å². The van der Waals surface area contributed by atoms with Crippen molar-refractivity contribution >= 4 is 18.3 Å². The Kier molecular flexibility index (Phi) is 11.0. The van der Waals surface area contributed by atoms with E-state index in [1.165, 1.54) is 12.1 Å². The number of benzene rings is 1. The number of hydrogen-bond donors (Lipinski definition) is 2. The van der Waals surface area contributed by atoms with Crippen LogP contribution in [0.2, 0.25) is 0 Å². The fraction of sp³-hybridized carbons (Fsp3) is 0.533. The minimum absolute atomic E-state index is 0. The third kappa shape index (κ3) is 8.88. The van der Waals surface area contributed by atoms with Gasteiger partial charge >= 0.3 is 0 Å². The first kappa shape index (κ1) is 18.9. The number of nitrogens with one attached hydrogen (secondary N) is 1. The predicted octanol–water partition coefficient (Wildman–Crippen LogP) is 2.82. The van der Waals surface area contributed by atoms with Gasteiger partial charge < -0.3 is 11.1 Å². The maximum Gasteiger partial charge on any atom is 0.220 e. The van der Waals surface area contributed by atoms with Crippen molar-refractivity contribution in [1.82, 2.24) is 5.32 Å². The number of carbonyl (C=O) groups excluding carboxylic acids is 1. The molecule has 0 fully saturated rings. The van der Waals surface area contributed by atoms with Gasteiger partial charge in [-0.05, 0) is 43.5 Å². The lowest BCUT2D eigenvalue weighted by atomic mass is 10.1. The van der Waals surface area contributed by atoms with Crippen LogP contribution in [0.25, 0.3) is 0 Å². The van der Waals surface area contributed by atoms with Crippen molar-refractivity contribution in [2.45, 2.75) is 38.5 Å². The largest absolute Gasteiger partial charge is 0.356 e. The van der Waals surface area contributed by atoms with Gasteiger partial charge in [0.2, 0.25) is 5.91 Å². The molecule has 0 aliphatic rings. The first-order valence-electron chi connectivity index (χ1n) is 6.93. The van der Waals surface area contributed by atoms with Gasteiger partial charge in [-0.15, -0.1) is 12.4 Å². The highest BCUT2D eigenvalue weighted by Gasteiger charge is 2.01. The lowest BCUT2D eigenvalue weighted by molar-refractivity contribution is -0.121. The van der Waals surface area contributed by atoms with Gasteiger partial charge in [0.15, 0.2) is 0 Å². The molecule has 0 spiro atoms. The SMILES string of the molecule is Cl.NCCCCCCC(=O)NCCc1cccc(F)c1. The van der Waals surface area contributed by atoms with Crippen LogP contribution in [0.1, 0.15) is 37.7 Å². The summed E-state index contributed by atoms with van der Waals surface area (Å²) < 4.78 is 12.9. The van der Waals surface area contributed by atoms with Crippen molar-refractivity contribution in [2.75, 3.05) is 13.1 Å². The lowest BCUT2D eigenvalue weighted by Gasteiger charge is -2.05. The minimum atomic E-state index is -0.233. The molecule has 1 rings (SSSR count). The molecule has 3 nitrogen and oxygen atoms in total. The van der Waals surface area contributed by atoms with Crippen LogP contribution in [0.15, 0.2) is 24.3 Å². The fourth-order valence-corrected chi connectivity index (χ4v) is 1.91. The average molecular weight is 303 g/mol. The van der Waals surface area contributed by atoms with Crippen molar-refractivity contribution in [3.8, 4) is 0 Å². The van der Waals surface area contributed by atoms with Gasteiger partial charge in [0.25, 0.3) is 0 Å². The summed E-state index contributed by atoms with van der Waals surface area (Å²) in [6, 6.07) is 6.47.